The summed E-state index contributed by atoms with van der Waals surface area (Å²) in [5, 5.41) is 10.2. The summed E-state index contributed by atoms with van der Waals surface area (Å²) in [5.74, 6) is -3.48. The number of likely N-dealkylation sites (tertiary alicyclic amines) is 1. The van der Waals surface area contributed by atoms with Gasteiger partial charge in [0.2, 0.25) is 17.7 Å². The van der Waals surface area contributed by atoms with Crippen LogP contribution in [0.2, 0.25) is 0 Å². The van der Waals surface area contributed by atoms with E-state index in [1.54, 1.807) is 42.0 Å². The van der Waals surface area contributed by atoms with Crippen molar-refractivity contribution >= 4 is 23.7 Å². The summed E-state index contributed by atoms with van der Waals surface area (Å²) in [6, 6.07) is 6.97. The number of rotatable bonds is 6. The molecule has 9 atom stereocenters. The van der Waals surface area contributed by atoms with Crippen molar-refractivity contribution in [2.45, 2.75) is 95.4 Å². The summed E-state index contributed by atoms with van der Waals surface area (Å²) < 4.78 is 13.0. The van der Waals surface area contributed by atoms with Crippen LogP contribution in [-0.4, -0.2) is 99.6 Å². The van der Waals surface area contributed by atoms with Gasteiger partial charge in [-0.3, -0.25) is 19.2 Å². The molecule has 4 aliphatic rings. The minimum Gasteiger partial charge on any atom is -0.455 e. The Bertz CT molecular complexity index is 1310. The van der Waals surface area contributed by atoms with Gasteiger partial charge in [-0.05, 0) is 39.2 Å². The first-order valence-electron chi connectivity index (χ1n) is 15.8. The van der Waals surface area contributed by atoms with Crippen LogP contribution in [-0.2, 0) is 28.7 Å². The van der Waals surface area contributed by atoms with Crippen LogP contribution in [0.15, 0.2) is 54.6 Å². The largest absolute Gasteiger partial charge is 0.455 e. The molecule has 10 nitrogen and oxygen atoms in total. The molecule has 1 N–H and O–H groups in total. The Balaban J connectivity index is 1.62. The highest BCUT2D eigenvalue weighted by atomic mass is 16.6. The molecule has 238 valence electrons. The van der Waals surface area contributed by atoms with Crippen molar-refractivity contribution in [2.24, 2.45) is 11.8 Å². The van der Waals surface area contributed by atoms with E-state index < -0.39 is 59.6 Å². The van der Waals surface area contributed by atoms with Crippen LogP contribution < -0.4 is 0 Å². The van der Waals surface area contributed by atoms with Crippen molar-refractivity contribution in [3.8, 4) is 0 Å². The number of aliphatic hydroxyl groups is 1. The fraction of sp³-hybridized carbons (Fsp3) is 0.588. The van der Waals surface area contributed by atoms with Gasteiger partial charge in [0.25, 0.3) is 0 Å². The first-order valence-corrected chi connectivity index (χ1v) is 15.8. The van der Waals surface area contributed by atoms with Crippen LogP contribution in [0.3, 0.4) is 0 Å². The fourth-order valence-electron chi connectivity index (χ4n) is 7.38. The number of cyclic esters (lactones) is 1. The summed E-state index contributed by atoms with van der Waals surface area (Å²) >= 11 is 0. The van der Waals surface area contributed by atoms with Crippen molar-refractivity contribution in [1.82, 2.24) is 14.7 Å². The van der Waals surface area contributed by atoms with Gasteiger partial charge >= 0.3 is 5.97 Å². The van der Waals surface area contributed by atoms with E-state index in [4.69, 9.17) is 9.47 Å². The maximum Gasteiger partial charge on any atom is 0.313 e. The van der Waals surface area contributed by atoms with Gasteiger partial charge in [-0.15, -0.1) is 0 Å². The smallest absolute Gasteiger partial charge is 0.313 e. The third kappa shape index (κ3) is 5.36. The van der Waals surface area contributed by atoms with Crippen molar-refractivity contribution in [2.75, 3.05) is 20.2 Å². The van der Waals surface area contributed by atoms with E-state index in [0.29, 0.717) is 13.0 Å². The van der Waals surface area contributed by atoms with E-state index in [0.717, 1.165) is 18.4 Å². The lowest BCUT2D eigenvalue weighted by molar-refractivity contribution is -0.164. The zero-order valence-electron chi connectivity index (χ0n) is 26.3. The highest BCUT2D eigenvalue weighted by Crippen LogP contribution is 2.54. The standard InChI is InChI=1S/C34H45N3O7/c1-6-13-21(2)36-19-12-18-34-28(31(40)37(22(3)20-38)30(34)32(36)41)27-25(44-34)16-10-11-17-26(39)35(5)23(4)29(43-33(27)42)24-14-8-7-9-15-24/h7-10,12,14-16,18,21-23,25,27-30,38H,6,11,13,17,19-20H2,1-5H3/b16-10-/t21?,22-,23-,25-,27+,28+,29+,30-,34+/m1/s1. The molecule has 4 aliphatic heterocycles. The van der Waals surface area contributed by atoms with Crippen LogP contribution in [0.1, 0.15) is 65.0 Å². The number of allylic oxidation sites excluding steroid dienone is 1. The van der Waals surface area contributed by atoms with E-state index in [9.17, 15) is 24.3 Å². The fourth-order valence-corrected chi connectivity index (χ4v) is 7.38. The molecule has 5 rings (SSSR count). The summed E-state index contributed by atoms with van der Waals surface area (Å²) in [4.78, 5) is 61.1. The van der Waals surface area contributed by atoms with Crippen molar-refractivity contribution in [3.05, 3.63) is 60.2 Å². The van der Waals surface area contributed by atoms with Crippen molar-refractivity contribution < 1.29 is 33.8 Å². The topological polar surface area (TPSA) is 117 Å². The highest BCUT2D eigenvalue weighted by Gasteiger charge is 2.72. The van der Waals surface area contributed by atoms with Crippen LogP contribution in [0.5, 0.6) is 0 Å². The number of amides is 3. The Morgan fingerprint density at radius 2 is 1.77 bits per heavy atom. The van der Waals surface area contributed by atoms with Crippen LogP contribution in [0.25, 0.3) is 0 Å². The van der Waals surface area contributed by atoms with Gasteiger partial charge in [-0.25, -0.2) is 0 Å². The van der Waals surface area contributed by atoms with Gasteiger partial charge in [-0.2, -0.15) is 0 Å². The molecule has 0 aromatic heterocycles. The Morgan fingerprint density at radius 3 is 2.45 bits per heavy atom. The zero-order valence-corrected chi connectivity index (χ0v) is 26.3. The number of ether oxygens (including phenoxy) is 2. The number of esters is 1. The van der Waals surface area contributed by atoms with Gasteiger partial charge in [0.05, 0.1) is 30.7 Å². The van der Waals surface area contributed by atoms with E-state index in [-0.39, 0.29) is 30.9 Å². The molecule has 1 unspecified atom stereocenters. The molecular weight excluding hydrogens is 562 g/mol. The summed E-state index contributed by atoms with van der Waals surface area (Å²) in [7, 11) is 1.70. The van der Waals surface area contributed by atoms with Crippen molar-refractivity contribution in [3.63, 3.8) is 0 Å². The number of benzene rings is 1. The molecule has 0 bridgehead atoms. The molecule has 44 heavy (non-hydrogen) atoms. The normalized spacial score (nSPS) is 34.7. The SMILES string of the molecule is CCCC(C)N1CC=C[C@]23O[C@@H]4/C=C\CCC(=O)N(C)[C@H](C)[C@@H](c5ccccc5)OC(=O)[C@@H]4[C@H]2C(=O)N([C@H](C)CO)[C@@H]3C1=O. The number of hydrogen-bond donors (Lipinski definition) is 1. The molecule has 0 aliphatic carbocycles. The summed E-state index contributed by atoms with van der Waals surface area (Å²) in [6.45, 7) is 7.60. The number of likely N-dealkylation sites (N-methyl/N-ethyl adjacent to an activating group) is 1. The molecule has 0 radical (unpaired) electrons. The van der Waals surface area contributed by atoms with Gasteiger partial charge in [-0.1, -0.05) is 68.0 Å². The lowest BCUT2D eigenvalue weighted by atomic mass is 9.77. The second-order valence-electron chi connectivity index (χ2n) is 12.6. The number of carbonyl (C=O) groups is 4. The van der Waals surface area contributed by atoms with E-state index in [1.807, 2.05) is 50.3 Å². The molecule has 0 saturated carbocycles. The van der Waals surface area contributed by atoms with E-state index >= 15 is 0 Å². The number of aliphatic hydroxyl groups excluding tert-OH is 1. The maximum absolute atomic E-state index is 14.4. The lowest BCUT2D eigenvalue weighted by Crippen LogP contribution is -2.58. The Hall–Kier alpha value is -3.50. The first-order chi connectivity index (χ1) is 21.1. The third-order valence-corrected chi connectivity index (χ3v) is 9.88. The zero-order chi connectivity index (χ0) is 31.8. The second-order valence-corrected chi connectivity index (χ2v) is 12.6. The minimum absolute atomic E-state index is 0.0742. The van der Waals surface area contributed by atoms with E-state index in [1.165, 1.54) is 4.90 Å². The molecule has 1 aromatic carbocycles. The summed E-state index contributed by atoms with van der Waals surface area (Å²) in [5.41, 5.74) is -0.709. The first kappa shape index (κ1) is 31.9. The Labute approximate surface area is 259 Å². The molecule has 1 spiro atoms. The monoisotopic (exact) mass is 607 g/mol. The van der Waals surface area contributed by atoms with Gasteiger partial charge < -0.3 is 29.3 Å². The maximum atomic E-state index is 14.4. The van der Waals surface area contributed by atoms with Crippen LogP contribution in [0, 0.1) is 11.8 Å². The molecular formula is C34H45N3O7. The highest BCUT2D eigenvalue weighted by molar-refractivity contribution is 5.99. The number of nitrogens with zero attached hydrogens (tertiary/aromatic N) is 3. The summed E-state index contributed by atoms with van der Waals surface area (Å²) in [6.07, 6.45) is 7.90. The van der Waals surface area contributed by atoms with Crippen LogP contribution >= 0.6 is 0 Å². The Morgan fingerprint density at radius 1 is 1.05 bits per heavy atom. The van der Waals surface area contributed by atoms with Crippen LogP contribution in [0.4, 0.5) is 0 Å². The third-order valence-electron chi connectivity index (χ3n) is 9.88. The minimum atomic E-state index is -1.43. The average Bonchev–Trinajstić information content (AvgIpc) is 3.41. The van der Waals surface area contributed by atoms with Gasteiger partial charge in [0, 0.05) is 26.1 Å². The average molecular weight is 608 g/mol. The van der Waals surface area contributed by atoms with Crippen molar-refractivity contribution in [1.29, 1.82) is 0 Å². The molecule has 2 fully saturated rings. The molecule has 3 amide bonds. The van der Waals surface area contributed by atoms with Gasteiger partial charge in [0.1, 0.15) is 23.7 Å². The quantitative estimate of drug-likeness (QED) is 0.390. The molecule has 2 saturated heterocycles. The number of carbonyl (C=O) groups excluding carboxylic acids is 4. The van der Waals surface area contributed by atoms with E-state index in [2.05, 4.69) is 6.92 Å². The van der Waals surface area contributed by atoms with Gasteiger partial charge in [0.15, 0.2) is 0 Å². The second kappa shape index (κ2) is 12.9. The molecule has 10 heteroatoms. The predicted octanol–water partition coefficient (Wildman–Crippen LogP) is 3.02. The predicted molar refractivity (Wildman–Crippen MR) is 163 cm³/mol. The Kier molecular flexibility index (Phi) is 9.32. The number of hydrogen-bond acceptors (Lipinski definition) is 7. The number of fused-ring (bicyclic) bond motifs is 2. The molecule has 4 heterocycles. The lowest BCUT2D eigenvalue weighted by Gasteiger charge is -2.39. The molecule has 1 aromatic rings.